The van der Waals surface area contributed by atoms with Crippen molar-refractivity contribution in [3.8, 4) is 5.75 Å². The molecule has 2 atom stereocenters. The number of imide groups is 1. The first-order chi connectivity index (χ1) is 9.35. The van der Waals surface area contributed by atoms with E-state index in [9.17, 15) is 14.0 Å². The van der Waals surface area contributed by atoms with Crippen molar-refractivity contribution in [1.29, 1.82) is 0 Å². The molecule has 110 valence electrons. The maximum absolute atomic E-state index is 13.8. The van der Waals surface area contributed by atoms with Crippen LogP contribution in [0.4, 0.5) is 9.18 Å². The second kappa shape index (κ2) is 6.85. The van der Waals surface area contributed by atoms with Gasteiger partial charge in [0, 0.05) is 13.1 Å². The van der Waals surface area contributed by atoms with Crippen LogP contribution in [0.15, 0.2) is 18.2 Å². The summed E-state index contributed by atoms with van der Waals surface area (Å²) in [4.78, 5) is 22.5. The van der Waals surface area contributed by atoms with Crippen LogP contribution in [-0.2, 0) is 4.79 Å². The lowest BCUT2D eigenvalue weighted by molar-refractivity contribution is -0.126. The fourth-order valence-corrected chi connectivity index (χ4v) is 1.42. The molecule has 20 heavy (non-hydrogen) atoms. The van der Waals surface area contributed by atoms with E-state index in [0.29, 0.717) is 5.56 Å². The molecule has 0 aromatic heterocycles. The molecule has 0 saturated carbocycles. The first-order valence-corrected chi connectivity index (χ1v) is 6.09. The molecule has 0 heterocycles. The summed E-state index contributed by atoms with van der Waals surface area (Å²) in [5.74, 6) is -1.35. The van der Waals surface area contributed by atoms with E-state index in [0.717, 1.165) is 0 Å². The maximum Gasteiger partial charge on any atom is 0.321 e. The number of ether oxygens (including phenoxy) is 1. The van der Waals surface area contributed by atoms with Crippen LogP contribution in [-0.4, -0.2) is 25.1 Å². The Morgan fingerprint density at radius 2 is 2.00 bits per heavy atom. The van der Waals surface area contributed by atoms with Gasteiger partial charge in [0.05, 0.1) is 0 Å². The second-order valence-corrected chi connectivity index (χ2v) is 4.31. The van der Waals surface area contributed by atoms with Crippen LogP contribution in [0.1, 0.15) is 25.5 Å². The summed E-state index contributed by atoms with van der Waals surface area (Å²) in [5.41, 5.74) is 6.26. The van der Waals surface area contributed by atoms with Gasteiger partial charge in [0.15, 0.2) is 17.7 Å². The van der Waals surface area contributed by atoms with E-state index in [1.807, 2.05) is 5.32 Å². The third kappa shape index (κ3) is 4.20. The van der Waals surface area contributed by atoms with Crippen LogP contribution in [0.5, 0.6) is 5.75 Å². The molecule has 0 spiro atoms. The van der Waals surface area contributed by atoms with Crippen molar-refractivity contribution in [2.75, 3.05) is 7.05 Å². The largest absolute Gasteiger partial charge is 0.478 e. The molecule has 6 nitrogen and oxygen atoms in total. The molecule has 2 unspecified atom stereocenters. The molecule has 0 aliphatic heterocycles. The van der Waals surface area contributed by atoms with E-state index in [2.05, 4.69) is 5.32 Å². The van der Waals surface area contributed by atoms with E-state index in [-0.39, 0.29) is 11.8 Å². The molecule has 3 amide bonds. The Labute approximate surface area is 116 Å². The van der Waals surface area contributed by atoms with Crippen LogP contribution >= 0.6 is 0 Å². The number of nitrogens with one attached hydrogen (secondary N) is 2. The summed E-state index contributed by atoms with van der Waals surface area (Å²) >= 11 is 0. The summed E-state index contributed by atoms with van der Waals surface area (Å²) in [7, 11) is 1.38. The molecule has 0 fully saturated rings. The first-order valence-electron chi connectivity index (χ1n) is 6.09. The van der Waals surface area contributed by atoms with Crippen molar-refractivity contribution in [3.63, 3.8) is 0 Å². The highest BCUT2D eigenvalue weighted by Gasteiger charge is 2.18. The SMILES string of the molecule is CNC(=O)NC(=O)C(C)Oc1ccc(C(C)N)cc1F. The number of nitrogens with two attached hydrogens (primary N) is 1. The van der Waals surface area contributed by atoms with E-state index in [1.165, 1.54) is 26.1 Å². The van der Waals surface area contributed by atoms with E-state index >= 15 is 0 Å². The number of amides is 3. The lowest BCUT2D eigenvalue weighted by atomic mass is 10.1. The molecule has 0 bridgehead atoms. The molecule has 0 aliphatic carbocycles. The molecule has 1 aromatic rings. The van der Waals surface area contributed by atoms with Gasteiger partial charge in [0.1, 0.15) is 0 Å². The Morgan fingerprint density at radius 3 is 2.50 bits per heavy atom. The zero-order valence-electron chi connectivity index (χ0n) is 11.6. The fourth-order valence-electron chi connectivity index (χ4n) is 1.42. The number of rotatable bonds is 4. The van der Waals surface area contributed by atoms with E-state index < -0.39 is 23.9 Å². The zero-order chi connectivity index (χ0) is 15.3. The molecular weight excluding hydrogens is 265 g/mol. The van der Waals surface area contributed by atoms with Crippen LogP contribution in [0.25, 0.3) is 0 Å². The molecule has 0 aliphatic rings. The van der Waals surface area contributed by atoms with Crippen LogP contribution < -0.4 is 21.1 Å². The van der Waals surface area contributed by atoms with Crippen molar-refractivity contribution in [2.24, 2.45) is 5.73 Å². The topological polar surface area (TPSA) is 93.5 Å². The Morgan fingerprint density at radius 1 is 1.35 bits per heavy atom. The third-order valence-electron chi connectivity index (χ3n) is 2.62. The lowest BCUT2D eigenvalue weighted by Crippen LogP contribution is -2.44. The predicted octanol–water partition coefficient (Wildman–Crippen LogP) is 1.07. The average Bonchev–Trinajstić information content (AvgIpc) is 2.40. The monoisotopic (exact) mass is 283 g/mol. The van der Waals surface area contributed by atoms with Crippen molar-refractivity contribution >= 4 is 11.9 Å². The fraction of sp³-hybridized carbons (Fsp3) is 0.385. The van der Waals surface area contributed by atoms with Crippen molar-refractivity contribution < 1.29 is 18.7 Å². The molecule has 0 saturated heterocycles. The van der Waals surface area contributed by atoms with Gasteiger partial charge >= 0.3 is 6.03 Å². The van der Waals surface area contributed by atoms with Crippen molar-refractivity contribution in [3.05, 3.63) is 29.6 Å². The zero-order valence-corrected chi connectivity index (χ0v) is 11.6. The smallest absolute Gasteiger partial charge is 0.321 e. The van der Waals surface area contributed by atoms with Crippen LogP contribution in [0.3, 0.4) is 0 Å². The Bertz CT molecular complexity index is 506. The summed E-state index contributed by atoms with van der Waals surface area (Å²) in [6.45, 7) is 3.14. The summed E-state index contributed by atoms with van der Waals surface area (Å²) in [5, 5.41) is 4.27. The van der Waals surface area contributed by atoms with Crippen LogP contribution in [0.2, 0.25) is 0 Å². The minimum absolute atomic E-state index is 0.0750. The molecule has 0 radical (unpaired) electrons. The molecule has 7 heteroatoms. The highest BCUT2D eigenvalue weighted by Crippen LogP contribution is 2.22. The number of hydrogen-bond acceptors (Lipinski definition) is 4. The minimum Gasteiger partial charge on any atom is -0.478 e. The van der Waals surface area contributed by atoms with Crippen molar-refractivity contribution in [1.82, 2.24) is 10.6 Å². The third-order valence-corrected chi connectivity index (χ3v) is 2.62. The number of carbonyl (C=O) groups excluding carboxylic acids is 2. The number of benzene rings is 1. The molecule has 4 N–H and O–H groups in total. The summed E-state index contributed by atoms with van der Waals surface area (Å²) in [6.07, 6.45) is -1.01. The predicted molar refractivity (Wildman–Crippen MR) is 71.7 cm³/mol. The number of urea groups is 1. The van der Waals surface area contributed by atoms with Gasteiger partial charge in [-0.1, -0.05) is 6.07 Å². The standard InChI is InChI=1S/C13H18FN3O3/c1-7(15)9-4-5-11(10(14)6-9)20-8(2)12(18)17-13(19)16-3/h4-8H,15H2,1-3H3,(H2,16,17,18,19). The quantitative estimate of drug-likeness (QED) is 0.770. The van der Waals surface area contributed by atoms with Gasteiger partial charge in [-0.2, -0.15) is 0 Å². The Balaban J connectivity index is 2.73. The maximum atomic E-state index is 13.8. The number of hydrogen-bond donors (Lipinski definition) is 3. The van der Waals surface area contributed by atoms with Gasteiger partial charge in [-0.3, -0.25) is 10.1 Å². The van der Waals surface area contributed by atoms with Gasteiger partial charge in [0.25, 0.3) is 5.91 Å². The van der Waals surface area contributed by atoms with Crippen molar-refractivity contribution in [2.45, 2.75) is 26.0 Å². The normalized spacial score (nSPS) is 13.2. The lowest BCUT2D eigenvalue weighted by Gasteiger charge is -2.15. The molecular formula is C13H18FN3O3. The van der Waals surface area contributed by atoms with Gasteiger partial charge in [-0.05, 0) is 31.5 Å². The van der Waals surface area contributed by atoms with Gasteiger partial charge in [0.2, 0.25) is 0 Å². The van der Waals surface area contributed by atoms with Gasteiger partial charge < -0.3 is 15.8 Å². The number of halogens is 1. The van der Waals surface area contributed by atoms with E-state index in [1.54, 1.807) is 13.0 Å². The van der Waals surface area contributed by atoms with E-state index in [4.69, 9.17) is 10.5 Å². The molecule has 1 rings (SSSR count). The summed E-state index contributed by atoms with van der Waals surface area (Å²) in [6, 6.07) is 3.32. The van der Waals surface area contributed by atoms with Gasteiger partial charge in [-0.15, -0.1) is 0 Å². The van der Waals surface area contributed by atoms with Gasteiger partial charge in [-0.25, -0.2) is 9.18 Å². The average molecular weight is 283 g/mol. The summed E-state index contributed by atoms with van der Waals surface area (Å²) < 4.78 is 19.0. The molecule has 1 aromatic carbocycles. The number of carbonyl (C=O) groups is 2. The highest BCUT2D eigenvalue weighted by atomic mass is 19.1. The highest BCUT2D eigenvalue weighted by molar-refractivity contribution is 5.96. The van der Waals surface area contributed by atoms with Crippen LogP contribution in [0, 0.1) is 5.82 Å². The second-order valence-electron chi connectivity index (χ2n) is 4.31. The minimum atomic E-state index is -1.01. The Kier molecular flexibility index (Phi) is 5.45. The Hall–Kier alpha value is -2.15. The first kappa shape index (κ1) is 15.9.